The predicted octanol–water partition coefficient (Wildman–Crippen LogP) is 2.24. The number of benzene rings is 1. The molecule has 3 rings (SSSR count). The fraction of sp³-hybridized carbons (Fsp3) is 0.571. The number of ether oxygens (including phenoxy) is 2. The first-order valence-electron chi connectivity index (χ1n) is 10.0. The smallest absolute Gasteiger partial charge is 0.329 e. The Morgan fingerprint density at radius 3 is 2.59 bits per heavy atom. The first kappa shape index (κ1) is 21.0. The topological polar surface area (TPSA) is 82.8 Å². The van der Waals surface area contributed by atoms with E-state index in [2.05, 4.69) is 16.6 Å². The predicted molar refractivity (Wildman–Crippen MR) is 110 cm³/mol. The van der Waals surface area contributed by atoms with Crippen LogP contribution >= 0.6 is 0 Å². The van der Waals surface area contributed by atoms with Crippen molar-refractivity contribution in [3.8, 4) is 0 Å². The molecular formula is C21H29N3O5. The van der Waals surface area contributed by atoms with E-state index in [4.69, 9.17) is 4.74 Å². The Morgan fingerprint density at radius 1 is 1.21 bits per heavy atom. The summed E-state index contributed by atoms with van der Waals surface area (Å²) in [5.74, 6) is -0.298. The second kappa shape index (κ2) is 8.71. The van der Waals surface area contributed by atoms with Crippen molar-refractivity contribution in [1.82, 2.24) is 9.13 Å². The molecule has 0 aliphatic carbocycles. The van der Waals surface area contributed by atoms with Crippen LogP contribution in [0.4, 0.5) is 5.69 Å². The van der Waals surface area contributed by atoms with Gasteiger partial charge < -0.3 is 14.4 Å². The van der Waals surface area contributed by atoms with Crippen LogP contribution in [0.25, 0.3) is 11.0 Å². The van der Waals surface area contributed by atoms with E-state index in [1.54, 1.807) is 11.6 Å². The van der Waals surface area contributed by atoms with Crippen molar-refractivity contribution in [3.05, 3.63) is 28.7 Å². The fourth-order valence-corrected chi connectivity index (χ4v) is 4.10. The molecule has 1 saturated heterocycles. The van der Waals surface area contributed by atoms with Crippen molar-refractivity contribution in [2.24, 2.45) is 13.0 Å². The summed E-state index contributed by atoms with van der Waals surface area (Å²) in [6, 6.07) is 4.97. The maximum absolute atomic E-state index is 13.0. The first-order valence-corrected chi connectivity index (χ1v) is 10.0. The molecule has 2 aromatic rings. The summed E-state index contributed by atoms with van der Waals surface area (Å²) >= 11 is 0. The van der Waals surface area contributed by atoms with E-state index in [0.29, 0.717) is 11.4 Å². The number of nitrogens with zero attached hydrogens (tertiary/aromatic N) is 3. The first-order chi connectivity index (χ1) is 13.9. The molecule has 1 aromatic carbocycles. The molecule has 2 heterocycles. The van der Waals surface area contributed by atoms with Gasteiger partial charge in [0.05, 0.1) is 25.3 Å². The fourth-order valence-electron chi connectivity index (χ4n) is 4.10. The van der Waals surface area contributed by atoms with Gasteiger partial charge in [0, 0.05) is 32.2 Å². The summed E-state index contributed by atoms with van der Waals surface area (Å²) in [5, 5.41) is 0. The Kier molecular flexibility index (Phi) is 6.30. The highest BCUT2D eigenvalue weighted by molar-refractivity contribution is 5.84. The zero-order valence-electron chi connectivity index (χ0n) is 17.5. The minimum absolute atomic E-state index is 0.0172. The maximum atomic E-state index is 13.0. The summed E-state index contributed by atoms with van der Waals surface area (Å²) in [6.07, 6.45) is 2.48. The summed E-state index contributed by atoms with van der Waals surface area (Å²) in [6.45, 7) is 4.23. The molecule has 8 nitrogen and oxygen atoms in total. The average Bonchev–Trinajstić information content (AvgIpc) is 3.32. The average molecular weight is 403 g/mol. The lowest BCUT2D eigenvalue weighted by atomic mass is 10.1. The number of aromatic nitrogens is 2. The van der Waals surface area contributed by atoms with Gasteiger partial charge in [-0.15, -0.1) is 0 Å². The van der Waals surface area contributed by atoms with Gasteiger partial charge in [-0.2, -0.15) is 0 Å². The number of hydrogen-bond donors (Lipinski definition) is 0. The van der Waals surface area contributed by atoms with Gasteiger partial charge in [0.2, 0.25) is 0 Å². The van der Waals surface area contributed by atoms with Crippen LogP contribution in [0.1, 0.15) is 38.6 Å². The highest BCUT2D eigenvalue weighted by Gasteiger charge is 2.28. The number of esters is 2. The molecule has 0 radical (unpaired) electrons. The zero-order chi connectivity index (χ0) is 21.1. The SMILES string of the molecule is CC[C@@H]1CCN(c2ccc3c(c2)n(C)c(=O)n3C(CCC(=O)OC)C(=O)OC)C1. The van der Waals surface area contributed by atoms with Gasteiger partial charge in [0.15, 0.2) is 0 Å². The van der Waals surface area contributed by atoms with Crippen LogP contribution in [0.15, 0.2) is 23.0 Å². The highest BCUT2D eigenvalue weighted by atomic mass is 16.5. The Bertz CT molecular complexity index is 961. The Labute approximate surface area is 170 Å². The van der Waals surface area contributed by atoms with E-state index >= 15 is 0 Å². The number of carbonyl (C=O) groups is 2. The van der Waals surface area contributed by atoms with Gasteiger partial charge in [0.25, 0.3) is 0 Å². The van der Waals surface area contributed by atoms with Crippen LogP contribution in [-0.2, 0) is 26.1 Å². The van der Waals surface area contributed by atoms with E-state index in [0.717, 1.165) is 30.7 Å². The minimum atomic E-state index is -0.891. The Balaban J connectivity index is 2.01. The van der Waals surface area contributed by atoms with Crippen LogP contribution in [0.5, 0.6) is 0 Å². The zero-order valence-corrected chi connectivity index (χ0v) is 17.5. The number of fused-ring (bicyclic) bond motifs is 1. The number of imidazole rings is 1. The molecule has 1 unspecified atom stereocenters. The van der Waals surface area contributed by atoms with Crippen LogP contribution in [0, 0.1) is 5.92 Å². The van der Waals surface area contributed by atoms with E-state index in [-0.39, 0.29) is 18.5 Å². The summed E-state index contributed by atoms with van der Waals surface area (Å²) in [7, 11) is 4.26. The number of aryl methyl sites for hydroxylation is 1. The molecule has 158 valence electrons. The minimum Gasteiger partial charge on any atom is -0.469 e. The summed E-state index contributed by atoms with van der Waals surface area (Å²) in [5.41, 5.74) is 2.16. The van der Waals surface area contributed by atoms with Crippen molar-refractivity contribution in [1.29, 1.82) is 0 Å². The molecule has 0 saturated carbocycles. The lowest BCUT2D eigenvalue weighted by molar-refractivity contribution is -0.146. The summed E-state index contributed by atoms with van der Waals surface area (Å²) in [4.78, 5) is 39.3. The van der Waals surface area contributed by atoms with Crippen molar-refractivity contribution < 1.29 is 19.1 Å². The molecule has 2 atom stereocenters. The third-order valence-electron chi connectivity index (χ3n) is 5.94. The van der Waals surface area contributed by atoms with Gasteiger partial charge in [-0.3, -0.25) is 13.9 Å². The number of hydrogen-bond acceptors (Lipinski definition) is 6. The lowest BCUT2D eigenvalue weighted by Gasteiger charge is -2.19. The molecule has 0 amide bonds. The van der Waals surface area contributed by atoms with Crippen LogP contribution in [-0.4, -0.2) is 48.4 Å². The Hall–Kier alpha value is -2.77. The highest BCUT2D eigenvalue weighted by Crippen LogP contribution is 2.29. The standard InChI is InChI=1S/C21H29N3O5/c1-5-14-10-11-23(13-14)15-6-7-16-18(12-15)22(2)21(27)24(16)17(20(26)29-4)8-9-19(25)28-3/h6-7,12,14,17H,5,8-11,13H2,1-4H3/t14-,17?/m1/s1. The van der Waals surface area contributed by atoms with Gasteiger partial charge >= 0.3 is 17.6 Å². The van der Waals surface area contributed by atoms with Crippen molar-refractivity contribution in [2.75, 3.05) is 32.2 Å². The molecule has 1 aromatic heterocycles. The van der Waals surface area contributed by atoms with Gasteiger partial charge in [-0.25, -0.2) is 9.59 Å². The van der Waals surface area contributed by atoms with Crippen molar-refractivity contribution in [2.45, 2.75) is 38.6 Å². The van der Waals surface area contributed by atoms with Gasteiger partial charge in [-0.1, -0.05) is 13.3 Å². The van der Waals surface area contributed by atoms with Crippen LogP contribution < -0.4 is 10.6 Å². The molecule has 1 aliphatic heterocycles. The third-order valence-corrected chi connectivity index (χ3v) is 5.94. The molecular weight excluding hydrogens is 374 g/mol. The van der Waals surface area contributed by atoms with E-state index in [1.807, 2.05) is 18.2 Å². The van der Waals surface area contributed by atoms with Crippen molar-refractivity contribution >= 4 is 28.7 Å². The molecule has 0 bridgehead atoms. The maximum Gasteiger partial charge on any atom is 0.329 e. The van der Waals surface area contributed by atoms with Crippen molar-refractivity contribution in [3.63, 3.8) is 0 Å². The second-order valence-corrected chi connectivity index (χ2v) is 7.55. The van der Waals surface area contributed by atoms with Gasteiger partial charge in [-0.05, 0) is 37.0 Å². The van der Waals surface area contributed by atoms with Gasteiger partial charge in [0.1, 0.15) is 6.04 Å². The lowest BCUT2D eigenvalue weighted by Crippen LogP contribution is -2.31. The quantitative estimate of drug-likeness (QED) is 0.660. The largest absolute Gasteiger partial charge is 0.469 e. The van der Waals surface area contributed by atoms with Crippen LogP contribution in [0.3, 0.4) is 0 Å². The van der Waals surface area contributed by atoms with Crippen LogP contribution in [0.2, 0.25) is 0 Å². The molecule has 0 spiro atoms. The normalized spacial score (nSPS) is 17.5. The van der Waals surface area contributed by atoms with E-state index < -0.39 is 18.0 Å². The number of carbonyl (C=O) groups excluding carboxylic acids is 2. The summed E-state index contributed by atoms with van der Waals surface area (Å²) < 4.78 is 12.5. The third kappa shape index (κ3) is 4.02. The molecule has 1 aliphatic rings. The van der Waals surface area contributed by atoms with E-state index in [1.165, 1.54) is 25.2 Å². The second-order valence-electron chi connectivity index (χ2n) is 7.55. The Morgan fingerprint density at radius 2 is 1.97 bits per heavy atom. The van der Waals surface area contributed by atoms with E-state index in [9.17, 15) is 14.4 Å². The number of methoxy groups -OCH3 is 2. The molecule has 1 fully saturated rings. The molecule has 29 heavy (non-hydrogen) atoms. The molecule has 8 heteroatoms. The monoisotopic (exact) mass is 403 g/mol. The molecule has 0 N–H and O–H groups in total. The number of rotatable bonds is 7. The number of anilines is 1.